The van der Waals surface area contributed by atoms with Gasteiger partial charge in [0.05, 0.1) is 0 Å². The van der Waals surface area contributed by atoms with Crippen molar-refractivity contribution in [2.75, 3.05) is 11.9 Å². The molecule has 0 radical (unpaired) electrons. The van der Waals surface area contributed by atoms with Gasteiger partial charge in [-0.05, 0) is 18.1 Å². The molecule has 5 nitrogen and oxygen atoms in total. The van der Waals surface area contributed by atoms with Crippen molar-refractivity contribution in [2.45, 2.75) is 26.3 Å². The molecule has 0 aliphatic carbocycles. The molecule has 4 N–H and O–H groups in total. The van der Waals surface area contributed by atoms with Gasteiger partial charge >= 0.3 is 6.03 Å². The van der Waals surface area contributed by atoms with Crippen molar-refractivity contribution in [2.24, 2.45) is 5.73 Å². The van der Waals surface area contributed by atoms with Crippen LogP contribution >= 0.6 is 0 Å². The molecule has 1 aromatic heterocycles. The van der Waals surface area contributed by atoms with Crippen LogP contribution in [-0.2, 0) is 6.54 Å². The summed E-state index contributed by atoms with van der Waals surface area (Å²) in [5, 5.41) is 5.40. The van der Waals surface area contributed by atoms with Crippen molar-refractivity contribution in [3.05, 3.63) is 23.9 Å². The van der Waals surface area contributed by atoms with E-state index >= 15 is 0 Å². The average Bonchev–Trinajstić information content (AvgIpc) is 2.30. The summed E-state index contributed by atoms with van der Waals surface area (Å²) in [7, 11) is 0. The number of carbonyl (C=O) groups excluding carboxylic acids is 1. The van der Waals surface area contributed by atoms with Crippen LogP contribution < -0.4 is 16.4 Å². The molecule has 1 rings (SSSR count). The summed E-state index contributed by atoms with van der Waals surface area (Å²) in [5.74, 6) is 0.534. The van der Waals surface area contributed by atoms with Gasteiger partial charge in [0.15, 0.2) is 0 Å². The molecule has 0 aliphatic heterocycles. The third-order valence-electron chi connectivity index (χ3n) is 2.12. The molecule has 0 aliphatic rings. The average molecular weight is 222 g/mol. The van der Waals surface area contributed by atoms with Crippen LogP contribution in [0.2, 0.25) is 0 Å². The number of nitrogens with two attached hydrogens (primary N) is 1. The first-order valence-electron chi connectivity index (χ1n) is 5.46. The predicted molar refractivity (Wildman–Crippen MR) is 64.1 cm³/mol. The zero-order valence-corrected chi connectivity index (χ0v) is 9.49. The topological polar surface area (TPSA) is 80.0 Å². The second-order valence-corrected chi connectivity index (χ2v) is 3.49. The lowest BCUT2D eigenvalue weighted by Gasteiger charge is -2.06. The van der Waals surface area contributed by atoms with Crippen LogP contribution in [0.4, 0.5) is 10.6 Å². The summed E-state index contributed by atoms with van der Waals surface area (Å²) in [4.78, 5) is 15.4. The Labute approximate surface area is 95.4 Å². The van der Waals surface area contributed by atoms with Crippen LogP contribution in [0.1, 0.15) is 25.3 Å². The summed E-state index contributed by atoms with van der Waals surface area (Å²) in [5.41, 5.74) is 6.38. The maximum atomic E-state index is 11.4. The quantitative estimate of drug-likeness (QED) is 0.660. The van der Waals surface area contributed by atoms with Crippen molar-refractivity contribution in [1.29, 1.82) is 0 Å². The zero-order chi connectivity index (χ0) is 11.8. The van der Waals surface area contributed by atoms with E-state index in [0.717, 1.165) is 18.4 Å². The first kappa shape index (κ1) is 12.4. The summed E-state index contributed by atoms with van der Waals surface area (Å²) in [6.45, 7) is 3.21. The molecule has 0 saturated carbocycles. The van der Waals surface area contributed by atoms with Crippen molar-refractivity contribution in [3.8, 4) is 0 Å². The number of amides is 2. The van der Waals surface area contributed by atoms with Gasteiger partial charge < -0.3 is 11.1 Å². The molecule has 88 valence electrons. The Balaban J connectivity index is 2.37. The Bertz CT molecular complexity index is 323. The summed E-state index contributed by atoms with van der Waals surface area (Å²) >= 11 is 0. The molecule has 1 aromatic rings. The van der Waals surface area contributed by atoms with Crippen LogP contribution in [0.3, 0.4) is 0 Å². The van der Waals surface area contributed by atoms with E-state index in [9.17, 15) is 4.79 Å². The van der Waals surface area contributed by atoms with E-state index in [-0.39, 0.29) is 6.03 Å². The summed E-state index contributed by atoms with van der Waals surface area (Å²) in [6, 6.07) is 3.36. The van der Waals surface area contributed by atoms with E-state index in [2.05, 4.69) is 22.5 Å². The molecule has 0 bridgehead atoms. The predicted octanol–water partition coefficient (Wildman–Crippen LogP) is 1.46. The molecule has 0 atom stereocenters. The number of nitrogens with one attached hydrogen (secondary N) is 2. The second kappa shape index (κ2) is 6.79. The number of hydrogen-bond donors (Lipinski definition) is 3. The molecule has 0 saturated heterocycles. The minimum Gasteiger partial charge on any atom is -0.338 e. The van der Waals surface area contributed by atoms with E-state index in [1.54, 1.807) is 12.3 Å². The number of pyridine rings is 1. The smallest absolute Gasteiger partial charge is 0.320 e. The van der Waals surface area contributed by atoms with Gasteiger partial charge in [-0.1, -0.05) is 19.4 Å². The monoisotopic (exact) mass is 222 g/mol. The van der Waals surface area contributed by atoms with Gasteiger partial charge in [0.25, 0.3) is 0 Å². The van der Waals surface area contributed by atoms with Gasteiger partial charge in [-0.3, -0.25) is 5.32 Å². The van der Waals surface area contributed by atoms with Gasteiger partial charge in [0.1, 0.15) is 5.82 Å². The fourth-order valence-corrected chi connectivity index (χ4v) is 1.16. The highest BCUT2D eigenvalue weighted by molar-refractivity contribution is 5.88. The fourth-order valence-electron chi connectivity index (χ4n) is 1.16. The molecule has 5 heteroatoms. The van der Waals surface area contributed by atoms with Gasteiger partial charge in [-0.2, -0.15) is 0 Å². The van der Waals surface area contributed by atoms with Gasteiger partial charge in [0, 0.05) is 19.3 Å². The number of unbranched alkanes of at least 4 members (excludes halogenated alkanes) is 1. The number of nitrogens with zero attached hydrogens (tertiary/aromatic N) is 1. The molecule has 0 fully saturated rings. The third kappa shape index (κ3) is 4.27. The van der Waals surface area contributed by atoms with Gasteiger partial charge in [0.2, 0.25) is 0 Å². The SMILES string of the molecule is CCCCNC(=O)Nc1ccc(CN)cn1. The van der Waals surface area contributed by atoms with Crippen molar-refractivity contribution >= 4 is 11.8 Å². The Morgan fingerprint density at radius 1 is 1.50 bits per heavy atom. The maximum absolute atomic E-state index is 11.4. The lowest BCUT2D eigenvalue weighted by atomic mass is 10.3. The van der Waals surface area contributed by atoms with Crippen LogP contribution in [0.25, 0.3) is 0 Å². The number of carbonyl (C=O) groups is 1. The minimum absolute atomic E-state index is 0.221. The Morgan fingerprint density at radius 2 is 2.31 bits per heavy atom. The van der Waals surface area contributed by atoms with Crippen LogP contribution in [0, 0.1) is 0 Å². The zero-order valence-electron chi connectivity index (χ0n) is 9.49. The lowest BCUT2D eigenvalue weighted by molar-refractivity contribution is 0.252. The Morgan fingerprint density at radius 3 is 2.88 bits per heavy atom. The standard InChI is InChI=1S/C11H18N4O/c1-2-3-6-13-11(16)15-10-5-4-9(7-12)8-14-10/h4-5,8H,2-3,6-7,12H2,1H3,(H2,13,14,15,16). The van der Waals surface area contributed by atoms with E-state index in [0.29, 0.717) is 18.9 Å². The molecule has 2 amide bonds. The van der Waals surface area contributed by atoms with E-state index in [1.165, 1.54) is 0 Å². The molecule has 0 unspecified atom stereocenters. The van der Waals surface area contributed by atoms with Gasteiger partial charge in [-0.25, -0.2) is 9.78 Å². The number of urea groups is 1. The molecule has 0 aromatic carbocycles. The van der Waals surface area contributed by atoms with Crippen molar-refractivity contribution in [3.63, 3.8) is 0 Å². The number of aromatic nitrogens is 1. The first-order chi connectivity index (χ1) is 7.76. The molecular formula is C11H18N4O. The summed E-state index contributed by atoms with van der Waals surface area (Å²) < 4.78 is 0. The third-order valence-corrected chi connectivity index (χ3v) is 2.12. The van der Waals surface area contributed by atoms with E-state index in [1.807, 2.05) is 6.07 Å². The van der Waals surface area contributed by atoms with Crippen molar-refractivity contribution in [1.82, 2.24) is 10.3 Å². The van der Waals surface area contributed by atoms with Gasteiger partial charge in [-0.15, -0.1) is 0 Å². The number of hydrogen-bond acceptors (Lipinski definition) is 3. The largest absolute Gasteiger partial charge is 0.338 e. The van der Waals surface area contributed by atoms with E-state index < -0.39 is 0 Å². The van der Waals surface area contributed by atoms with Crippen LogP contribution in [0.5, 0.6) is 0 Å². The Hall–Kier alpha value is -1.62. The maximum Gasteiger partial charge on any atom is 0.320 e. The first-order valence-corrected chi connectivity index (χ1v) is 5.46. The second-order valence-electron chi connectivity index (χ2n) is 3.49. The minimum atomic E-state index is -0.221. The number of anilines is 1. The normalized spacial score (nSPS) is 9.88. The van der Waals surface area contributed by atoms with Crippen LogP contribution in [-0.4, -0.2) is 17.6 Å². The Kier molecular flexibility index (Phi) is 5.28. The van der Waals surface area contributed by atoms with Crippen molar-refractivity contribution < 1.29 is 4.79 Å². The lowest BCUT2D eigenvalue weighted by Crippen LogP contribution is -2.29. The van der Waals surface area contributed by atoms with E-state index in [4.69, 9.17) is 5.73 Å². The molecular weight excluding hydrogens is 204 g/mol. The highest BCUT2D eigenvalue weighted by Crippen LogP contribution is 2.03. The highest BCUT2D eigenvalue weighted by Gasteiger charge is 2.01. The highest BCUT2D eigenvalue weighted by atomic mass is 16.2. The molecule has 16 heavy (non-hydrogen) atoms. The number of rotatable bonds is 5. The van der Waals surface area contributed by atoms with Crippen LogP contribution in [0.15, 0.2) is 18.3 Å². The molecule has 0 spiro atoms. The summed E-state index contributed by atoms with van der Waals surface area (Å²) in [6.07, 6.45) is 3.69. The molecule has 1 heterocycles. The fraction of sp³-hybridized carbons (Fsp3) is 0.455.